The zero-order valence-electron chi connectivity index (χ0n) is 16.6. The first-order valence-electron chi connectivity index (χ1n) is 10.3. The summed E-state index contributed by atoms with van der Waals surface area (Å²) in [5, 5.41) is 0. The molecule has 0 N–H and O–H groups in total. The summed E-state index contributed by atoms with van der Waals surface area (Å²) in [6.45, 7) is 1.71. The van der Waals surface area contributed by atoms with Gasteiger partial charge in [0.2, 0.25) is 11.8 Å². The fraction of sp³-hybridized carbons (Fsp3) is 0.417. The number of nitrogens with zero attached hydrogens (tertiary/aromatic N) is 2. The number of likely N-dealkylation sites (N-methyl/N-ethyl adjacent to an activating group) is 1. The molecule has 0 aromatic heterocycles. The summed E-state index contributed by atoms with van der Waals surface area (Å²) in [6.07, 6.45) is 4.98. The lowest BCUT2D eigenvalue weighted by Crippen LogP contribution is -2.42. The van der Waals surface area contributed by atoms with E-state index in [4.69, 9.17) is 0 Å². The summed E-state index contributed by atoms with van der Waals surface area (Å²) in [7, 11) is 1.85. The molecule has 1 atom stereocenters. The first-order chi connectivity index (χ1) is 13.6. The van der Waals surface area contributed by atoms with Crippen molar-refractivity contribution in [3.8, 4) is 0 Å². The number of fused-ring (bicyclic) bond motifs is 1. The van der Waals surface area contributed by atoms with Crippen LogP contribution in [-0.4, -0.2) is 36.9 Å². The number of rotatable bonds is 5. The highest BCUT2D eigenvalue weighted by molar-refractivity contribution is 6.08. The summed E-state index contributed by atoms with van der Waals surface area (Å²) in [4.78, 5) is 30.1. The molecule has 2 aromatic carbocycles. The molecule has 0 bridgehead atoms. The van der Waals surface area contributed by atoms with E-state index in [1.165, 1.54) is 6.42 Å². The predicted octanol–water partition coefficient (Wildman–Crippen LogP) is 3.94. The molecule has 2 heterocycles. The maximum atomic E-state index is 13.5. The highest BCUT2D eigenvalue weighted by Gasteiger charge is 2.49. The van der Waals surface area contributed by atoms with Gasteiger partial charge in [-0.2, -0.15) is 0 Å². The predicted molar refractivity (Wildman–Crippen MR) is 111 cm³/mol. The van der Waals surface area contributed by atoms with Crippen LogP contribution in [0.25, 0.3) is 0 Å². The topological polar surface area (TPSA) is 40.6 Å². The highest BCUT2D eigenvalue weighted by atomic mass is 16.2. The molecule has 146 valence electrons. The van der Waals surface area contributed by atoms with Crippen LogP contribution in [0.5, 0.6) is 0 Å². The Kier molecular flexibility index (Phi) is 5.21. The van der Waals surface area contributed by atoms with Crippen molar-refractivity contribution in [2.24, 2.45) is 0 Å². The fourth-order valence-corrected chi connectivity index (χ4v) is 4.78. The quantitative estimate of drug-likeness (QED) is 0.793. The molecular formula is C24H28N2O2. The van der Waals surface area contributed by atoms with Gasteiger partial charge in [-0.05, 0) is 49.3 Å². The van der Waals surface area contributed by atoms with Gasteiger partial charge in [-0.25, -0.2) is 0 Å². The zero-order chi connectivity index (χ0) is 19.6. The van der Waals surface area contributed by atoms with Gasteiger partial charge in [0.15, 0.2) is 0 Å². The Morgan fingerprint density at radius 2 is 1.64 bits per heavy atom. The van der Waals surface area contributed by atoms with Gasteiger partial charge in [0.05, 0.1) is 5.41 Å². The van der Waals surface area contributed by atoms with E-state index in [0.717, 1.165) is 42.7 Å². The second kappa shape index (κ2) is 7.78. The van der Waals surface area contributed by atoms with E-state index in [9.17, 15) is 9.59 Å². The molecule has 4 rings (SSSR count). The number of benzene rings is 2. The molecule has 4 heteroatoms. The Hall–Kier alpha value is -2.62. The molecule has 28 heavy (non-hydrogen) atoms. The number of anilines is 1. The Morgan fingerprint density at radius 3 is 2.39 bits per heavy atom. The van der Waals surface area contributed by atoms with E-state index in [1.54, 1.807) is 4.90 Å². The van der Waals surface area contributed by atoms with E-state index in [2.05, 4.69) is 18.2 Å². The average molecular weight is 376 g/mol. The Morgan fingerprint density at radius 1 is 0.964 bits per heavy atom. The number of carbonyl (C=O) groups excluding carboxylic acids is 2. The Balaban J connectivity index is 1.65. The van der Waals surface area contributed by atoms with Gasteiger partial charge in [-0.3, -0.25) is 9.59 Å². The number of hydrogen-bond donors (Lipinski definition) is 0. The van der Waals surface area contributed by atoms with Crippen molar-refractivity contribution in [3.63, 3.8) is 0 Å². The highest BCUT2D eigenvalue weighted by Crippen LogP contribution is 2.46. The van der Waals surface area contributed by atoms with Gasteiger partial charge >= 0.3 is 0 Å². The van der Waals surface area contributed by atoms with Crippen molar-refractivity contribution < 1.29 is 9.59 Å². The molecule has 4 nitrogen and oxygen atoms in total. The first-order valence-corrected chi connectivity index (χ1v) is 10.3. The van der Waals surface area contributed by atoms with Gasteiger partial charge < -0.3 is 9.80 Å². The second-order valence-corrected chi connectivity index (χ2v) is 8.07. The normalized spacial score (nSPS) is 21.7. The number of carbonyl (C=O) groups is 2. The molecular weight excluding hydrogens is 348 g/mol. The minimum atomic E-state index is -0.669. The maximum Gasteiger partial charge on any atom is 0.237 e. The average Bonchev–Trinajstić information content (AvgIpc) is 2.96. The summed E-state index contributed by atoms with van der Waals surface area (Å²) >= 11 is 0. The van der Waals surface area contributed by atoms with E-state index >= 15 is 0 Å². The molecule has 1 fully saturated rings. The molecule has 0 spiro atoms. The van der Waals surface area contributed by atoms with E-state index in [-0.39, 0.29) is 11.8 Å². The van der Waals surface area contributed by atoms with Crippen molar-refractivity contribution in [2.75, 3.05) is 25.0 Å². The van der Waals surface area contributed by atoms with E-state index in [1.807, 2.05) is 48.3 Å². The first kappa shape index (κ1) is 18.7. The molecule has 2 aromatic rings. The van der Waals surface area contributed by atoms with Gasteiger partial charge in [0, 0.05) is 32.2 Å². The second-order valence-electron chi connectivity index (χ2n) is 8.07. The minimum Gasteiger partial charge on any atom is -0.343 e. The molecule has 0 saturated carbocycles. The third-order valence-corrected chi connectivity index (χ3v) is 6.32. The number of hydrogen-bond acceptors (Lipinski definition) is 2. The third kappa shape index (κ3) is 3.32. The van der Waals surface area contributed by atoms with Crippen molar-refractivity contribution in [3.05, 3.63) is 65.7 Å². The zero-order valence-corrected chi connectivity index (χ0v) is 16.6. The van der Waals surface area contributed by atoms with Gasteiger partial charge in [0.1, 0.15) is 0 Å². The van der Waals surface area contributed by atoms with Crippen molar-refractivity contribution in [1.82, 2.24) is 4.90 Å². The van der Waals surface area contributed by atoms with Gasteiger partial charge in [0.25, 0.3) is 0 Å². The maximum absolute atomic E-state index is 13.5. The molecule has 0 radical (unpaired) electrons. The SMILES string of the molecule is CN1C(=O)C(CCC(=O)N2CCCCC2)(Cc2ccccc2)c2ccccc21. The Labute approximate surface area is 167 Å². The van der Waals surface area contributed by atoms with Crippen LogP contribution in [0.2, 0.25) is 0 Å². The molecule has 2 amide bonds. The molecule has 0 aliphatic carbocycles. The minimum absolute atomic E-state index is 0.101. The fourth-order valence-electron chi connectivity index (χ4n) is 4.78. The largest absolute Gasteiger partial charge is 0.343 e. The van der Waals surface area contributed by atoms with Crippen LogP contribution in [0.1, 0.15) is 43.2 Å². The number of amides is 2. The summed E-state index contributed by atoms with van der Waals surface area (Å²) < 4.78 is 0. The van der Waals surface area contributed by atoms with Crippen molar-refractivity contribution in [1.29, 1.82) is 0 Å². The Bertz CT molecular complexity index is 858. The third-order valence-electron chi connectivity index (χ3n) is 6.32. The van der Waals surface area contributed by atoms with Crippen LogP contribution in [0.4, 0.5) is 5.69 Å². The van der Waals surface area contributed by atoms with Gasteiger partial charge in [-0.1, -0.05) is 48.5 Å². The van der Waals surface area contributed by atoms with Crippen LogP contribution < -0.4 is 4.90 Å². The van der Waals surface area contributed by atoms with Crippen molar-refractivity contribution in [2.45, 2.75) is 43.9 Å². The molecule has 1 unspecified atom stereocenters. The van der Waals surface area contributed by atoms with E-state index < -0.39 is 5.41 Å². The molecule has 2 aliphatic heterocycles. The van der Waals surface area contributed by atoms with Crippen LogP contribution >= 0.6 is 0 Å². The van der Waals surface area contributed by atoms with Crippen LogP contribution in [-0.2, 0) is 21.4 Å². The van der Waals surface area contributed by atoms with Crippen LogP contribution in [0, 0.1) is 0 Å². The standard InChI is InChI=1S/C24H28N2O2/c1-25-21-13-7-6-12-20(21)24(23(25)28,18-19-10-4-2-5-11-19)15-14-22(27)26-16-8-3-9-17-26/h2,4-7,10-13H,3,8-9,14-18H2,1H3. The van der Waals surface area contributed by atoms with E-state index in [0.29, 0.717) is 19.3 Å². The van der Waals surface area contributed by atoms with Gasteiger partial charge in [-0.15, -0.1) is 0 Å². The summed E-state index contributed by atoms with van der Waals surface area (Å²) in [5.41, 5.74) is 2.48. The lowest BCUT2D eigenvalue weighted by molar-refractivity contribution is -0.133. The van der Waals surface area contributed by atoms with Crippen LogP contribution in [0.3, 0.4) is 0 Å². The molecule has 1 saturated heterocycles. The number of piperidine rings is 1. The monoisotopic (exact) mass is 376 g/mol. The molecule has 2 aliphatic rings. The number of likely N-dealkylation sites (tertiary alicyclic amines) is 1. The smallest absolute Gasteiger partial charge is 0.237 e. The van der Waals surface area contributed by atoms with Crippen LogP contribution in [0.15, 0.2) is 54.6 Å². The summed E-state index contributed by atoms with van der Waals surface area (Å²) in [5.74, 6) is 0.288. The lowest BCUT2D eigenvalue weighted by Gasteiger charge is -2.31. The summed E-state index contributed by atoms with van der Waals surface area (Å²) in [6, 6.07) is 18.2. The number of para-hydroxylation sites is 1. The lowest BCUT2D eigenvalue weighted by atomic mass is 9.73. The van der Waals surface area contributed by atoms with Crippen molar-refractivity contribution >= 4 is 17.5 Å².